The predicted molar refractivity (Wildman–Crippen MR) is 107 cm³/mol. The molecule has 154 valence electrons. The number of hydrogen-bond acceptors (Lipinski definition) is 6. The number of sulfonamides is 1. The molecular formula is C21H23NO6S. The van der Waals surface area contributed by atoms with Crippen molar-refractivity contribution in [2.24, 2.45) is 0 Å². The third-order valence-corrected chi connectivity index (χ3v) is 6.38. The van der Waals surface area contributed by atoms with Gasteiger partial charge in [-0.15, -0.1) is 0 Å². The van der Waals surface area contributed by atoms with Crippen LogP contribution in [0.25, 0.3) is 0 Å². The number of carbonyl (C=O) groups is 2. The quantitative estimate of drug-likeness (QED) is 0.523. The zero-order chi connectivity index (χ0) is 21.0. The molecule has 0 unspecified atom stereocenters. The highest BCUT2D eigenvalue weighted by Gasteiger charge is 2.24. The Balaban J connectivity index is 1.56. The van der Waals surface area contributed by atoms with E-state index in [1.807, 2.05) is 12.1 Å². The largest absolute Gasteiger partial charge is 0.497 e. The van der Waals surface area contributed by atoms with Crippen molar-refractivity contribution in [1.82, 2.24) is 4.72 Å². The van der Waals surface area contributed by atoms with Gasteiger partial charge in [0.2, 0.25) is 10.0 Å². The van der Waals surface area contributed by atoms with Crippen LogP contribution < -0.4 is 9.46 Å². The van der Waals surface area contributed by atoms with Crippen molar-refractivity contribution in [3.63, 3.8) is 0 Å². The van der Waals surface area contributed by atoms with E-state index in [1.165, 1.54) is 43.9 Å². The Bertz CT molecular complexity index is 1010. The van der Waals surface area contributed by atoms with Gasteiger partial charge >= 0.3 is 5.97 Å². The zero-order valence-electron chi connectivity index (χ0n) is 16.3. The van der Waals surface area contributed by atoms with Gasteiger partial charge in [0.15, 0.2) is 12.4 Å². The summed E-state index contributed by atoms with van der Waals surface area (Å²) in [6.07, 6.45) is 3.04. The number of benzene rings is 2. The number of esters is 1. The smallest absolute Gasteiger partial charge is 0.324 e. The molecule has 0 saturated heterocycles. The molecule has 8 heteroatoms. The van der Waals surface area contributed by atoms with E-state index in [1.54, 1.807) is 6.07 Å². The molecule has 3 rings (SSSR count). The number of ether oxygens (including phenoxy) is 2. The van der Waals surface area contributed by atoms with E-state index in [-0.39, 0.29) is 10.7 Å². The molecule has 0 spiro atoms. The van der Waals surface area contributed by atoms with E-state index in [0.29, 0.717) is 11.3 Å². The van der Waals surface area contributed by atoms with Crippen LogP contribution in [-0.2, 0) is 32.4 Å². The normalized spacial score (nSPS) is 14.1. The Labute approximate surface area is 170 Å². The molecule has 0 saturated carbocycles. The van der Waals surface area contributed by atoms with E-state index in [2.05, 4.69) is 4.72 Å². The predicted octanol–water partition coefficient (Wildman–Crippen LogP) is 2.28. The lowest BCUT2D eigenvalue weighted by Gasteiger charge is -2.14. The number of fused-ring (bicyclic) bond motifs is 1. The molecule has 0 bridgehead atoms. The van der Waals surface area contributed by atoms with Crippen molar-refractivity contribution in [3.05, 3.63) is 59.2 Å². The van der Waals surface area contributed by atoms with Crippen LogP contribution in [-0.4, -0.2) is 39.9 Å². The summed E-state index contributed by atoms with van der Waals surface area (Å²) in [5.41, 5.74) is 2.90. The third kappa shape index (κ3) is 5.02. The lowest BCUT2D eigenvalue weighted by Crippen LogP contribution is -2.40. The molecule has 0 aliphatic heterocycles. The fraction of sp³-hybridized carbons (Fsp3) is 0.333. The van der Waals surface area contributed by atoms with Crippen molar-refractivity contribution >= 4 is 21.8 Å². The van der Waals surface area contributed by atoms with Gasteiger partial charge in [0.05, 0.1) is 12.0 Å². The van der Waals surface area contributed by atoms with Crippen molar-refractivity contribution in [2.45, 2.75) is 37.1 Å². The third-order valence-electron chi connectivity index (χ3n) is 4.82. The molecular weight excluding hydrogens is 394 g/mol. The van der Waals surface area contributed by atoms with E-state index >= 15 is 0 Å². The molecule has 0 amide bonds. The fourth-order valence-electron chi connectivity index (χ4n) is 3.19. The molecule has 7 nitrogen and oxygen atoms in total. The lowest BCUT2D eigenvalue weighted by atomic mass is 10.0. The minimum absolute atomic E-state index is 0.00725. The number of methoxy groups -OCH3 is 1. The first-order valence-corrected chi connectivity index (χ1v) is 10.8. The summed E-state index contributed by atoms with van der Waals surface area (Å²) in [6, 6.07) is 10.1. The summed E-state index contributed by atoms with van der Waals surface area (Å²) in [4.78, 5) is 24.5. The molecule has 1 atom stereocenters. The second kappa shape index (κ2) is 8.75. The maximum Gasteiger partial charge on any atom is 0.324 e. The van der Waals surface area contributed by atoms with Crippen LogP contribution in [0.5, 0.6) is 5.75 Å². The number of rotatable bonds is 8. The summed E-state index contributed by atoms with van der Waals surface area (Å²) in [7, 11) is -2.44. The zero-order valence-corrected chi connectivity index (χ0v) is 17.1. The van der Waals surface area contributed by atoms with Crippen molar-refractivity contribution in [3.8, 4) is 5.75 Å². The second-order valence-corrected chi connectivity index (χ2v) is 8.60. The monoisotopic (exact) mass is 417 g/mol. The fourth-order valence-corrected chi connectivity index (χ4v) is 4.39. The van der Waals surface area contributed by atoms with Crippen LogP contribution in [0.2, 0.25) is 0 Å². The lowest BCUT2D eigenvalue weighted by molar-refractivity contribution is -0.144. The molecule has 29 heavy (non-hydrogen) atoms. The van der Waals surface area contributed by atoms with Crippen LogP contribution >= 0.6 is 0 Å². The van der Waals surface area contributed by atoms with E-state index in [9.17, 15) is 18.0 Å². The second-order valence-electron chi connectivity index (χ2n) is 6.89. The SMILES string of the molecule is COc1ccc(S(=O)(=O)N[C@@H](C)C(=O)OCC(=O)c2ccc3c(c2)CCC3)cc1. The first-order valence-electron chi connectivity index (χ1n) is 9.28. The number of hydrogen-bond donors (Lipinski definition) is 1. The molecule has 2 aromatic carbocycles. The molecule has 0 heterocycles. The first-order chi connectivity index (χ1) is 13.8. The Hall–Kier alpha value is -2.71. The molecule has 1 aliphatic rings. The van der Waals surface area contributed by atoms with Crippen LogP contribution in [0, 0.1) is 0 Å². The summed E-state index contributed by atoms with van der Waals surface area (Å²) in [5.74, 6) is -0.628. The minimum Gasteiger partial charge on any atom is -0.497 e. The van der Waals surface area contributed by atoms with Gasteiger partial charge in [-0.3, -0.25) is 9.59 Å². The van der Waals surface area contributed by atoms with Crippen molar-refractivity contribution in [2.75, 3.05) is 13.7 Å². The van der Waals surface area contributed by atoms with Gasteiger partial charge in [0, 0.05) is 5.56 Å². The number of ketones is 1. The number of Topliss-reactive ketones (excluding diaryl/α,β-unsaturated/α-hetero) is 1. The summed E-state index contributed by atoms with van der Waals surface area (Å²) < 4.78 is 37.0. The van der Waals surface area contributed by atoms with Crippen molar-refractivity contribution < 1.29 is 27.5 Å². The Kier molecular flexibility index (Phi) is 6.34. The highest BCUT2D eigenvalue weighted by Crippen LogP contribution is 2.23. The van der Waals surface area contributed by atoms with Crippen LogP contribution in [0.1, 0.15) is 34.8 Å². The number of nitrogens with one attached hydrogen (secondary N) is 1. The van der Waals surface area contributed by atoms with Gasteiger partial charge in [-0.1, -0.05) is 12.1 Å². The molecule has 0 radical (unpaired) electrons. The number of aryl methyl sites for hydroxylation is 2. The van der Waals surface area contributed by atoms with Gasteiger partial charge < -0.3 is 9.47 Å². The summed E-state index contributed by atoms with van der Waals surface area (Å²) >= 11 is 0. The van der Waals surface area contributed by atoms with Gasteiger partial charge in [0.25, 0.3) is 0 Å². The van der Waals surface area contributed by atoms with Gasteiger partial charge in [-0.25, -0.2) is 8.42 Å². The molecule has 2 aromatic rings. The average Bonchev–Trinajstić information content (AvgIpc) is 3.19. The molecule has 0 aromatic heterocycles. The molecule has 1 N–H and O–H groups in total. The minimum atomic E-state index is -3.92. The maximum atomic E-state index is 12.4. The molecule has 0 fully saturated rings. The Morgan fingerprint density at radius 2 is 1.76 bits per heavy atom. The van der Waals surface area contributed by atoms with Crippen molar-refractivity contribution in [1.29, 1.82) is 0 Å². The van der Waals surface area contributed by atoms with Gasteiger partial charge in [0.1, 0.15) is 11.8 Å². The number of carbonyl (C=O) groups excluding carboxylic acids is 2. The standard InChI is InChI=1S/C21H23NO6S/c1-14(22-29(25,26)19-10-8-18(27-2)9-11-19)21(24)28-13-20(23)17-7-6-15-4-3-5-16(15)12-17/h6-12,14,22H,3-5,13H2,1-2H3/t14-/m0/s1. The Morgan fingerprint density at radius 3 is 2.45 bits per heavy atom. The highest BCUT2D eigenvalue weighted by atomic mass is 32.2. The maximum absolute atomic E-state index is 12.4. The summed E-state index contributed by atoms with van der Waals surface area (Å²) in [6.45, 7) is 0.926. The van der Waals surface area contributed by atoms with E-state index in [4.69, 9.17) is 9.47 Å². The Morgan fingerprint density at radius 1 is 1.07 bits per heavy atom. The topological polar surface area (TPSA) is 98.8 Å². The van der Waals surface area contributed by atoms with Crippen LogP contribution in [0.4, 0.5) is 0 Å². The van der Waals surface area contributed by atoms with Crippen LogP contribution in [0.3, 0.4) is 0 Å². The summed E-state index contributed by atoms with van der Waals surface area (Å²) in [5, 5.41) is 0. The average molecular weight is 417 g/mol. The van der Waals surface area contributed by atoms with Gasteiger partial charge in [-0.2, -0.15) is 4.72 Å². The van der Waals surface area contributed by atoms with E-state index < -0.39 is 28.6 Å². The highest BCUT2D eigenvalue weighted by molar-refractivity contribution is 7.89. The molecule has 1 aliphatic carbocycles. The van der Waals surface area contributed by atoms with Crippen LogP contribution in [0.15, 0.2) is 47.4 Å². The van der Waals surface area contributed by atoms with Gasteiger partial charge in [-0.05, 0) is 67.6 Å². The first kappa shape index (κ1) is 21.0. The van der Waals surface area contributed by atoms with E-state index in [0.717, 1.165) is 24.8 Å².